The van der Waals surface area contributed by atoms with Gasteiger partial charge < -0.3 is 9.88 Å². The number of amides is 1. The van der Waals surface area contributed by atoms with Gasteiger partial charge in [-0.05, 0) is 50.5 Å². The van der Waals surface area contributed by atoms with Crippen molar-refractivity contribution in [3.63, 3.8) is 0 Å². The van der Waals surface area contributed by atoms with Gasteiger partial charge >= 0.3 is 0 Å². The second-order valence-electron chi connectivity index (χ2n) is 6.56. The van der Waals surface area contributed by atoms with E-state index in [-0.39, 0.29) is 5.91 Å². The molecule has 3 aromatic rings. The number of para-hydroxylation sites is 1. The minimum atomic E-state index is -0.481. The molecule has 2 aromatic heterocycles. The van der Waals surface area contributed by atoms with Crippen molar-refractivity contribution in [1.29, 1.82) is 0 Å². The first-order chi connectivity index (χ1) is 13.2. The summed E-state index contributed by atoms with van der Waals surface area (Å²) in [5.74, 6) is 0.849. The average molecular weight is 379 g/mol. The number of hydrogen-bond donors (Lipinski definition) is 1. The summed E-state index contributed by atoms with van der Waals surface area (Å²) < 4.78 is 1.58. The molecule has 0 radical (unpaired) electrons. The zero-order valence-corrected chi connectivity index (χ0v) is 15.9. The molecule has 1 amide bonds. The number of rotatable bonds is 6. The molecule has 1 aliphatic rings. The van der Waals surface area contributed by atoms with Gasteiger partial charge in [-0.2, -0.15) is 0 Å². The first-order valence-corrected chi connectivity index (χ1v) is 9.92. The Labute approximate surface area is 162 Å². The first kappa shape index (κ1) is 17.7. The number of nitrogens with zero attached hydrogens (tertiary/aromatic N) is 4. The Morgan fingerprint density at radius 3 is 2.52 bits per heavy atom. The van der Waals surface area contributed by atoms with Crippen molar-refractivity contribution in [3.05, 3.63) is 54.9 Å². The fourth-order valence-electron chi connectivity index (χ4n) is 3.18. The van der Waals surface area contributed by atoms with E-state index in [0.717, 1.165) is 48.0 Å². The highest BCUT2D eigenvalue weighted by atomic mass is 32.2. The molecule has 27 heavy (non-hydrogen) atoms. The molecule has 0 spiro atoms. The number of anilines is 1. The quantitative estimate of drug-likeness (QED) is 0.700. The third-order valence-electron chi connectivity index (χ3n) is 4.86. The molecule has 7 heteroatoms. The molecule has 0 aliphatic heterocycles. The van der Waals surface area contributed by atoms with Crippen molar-refractivity contribution < 1.29 is 4.79 Å². The number of benzene rings is 1. The Morgan fingerprint density at radius 2 is 1.89 bits per heavy atom. The van der Waals surface area contributed by atoms with Gasteiger partial charge in [0, 0.05) is 30.2 Å². The average Bonchev–Trinajstić information content (AvgIpc) is 3.08. The molecule has 1 N–H and O–H groups in total. The minimum absolute atomic E-state index is 0.0427. The summed E-state index contributed by atoms with van der Waals surface area (Å²) in [4.78, 5) is 17.1. The highest BCUT2D eigenvalue weighted by Crippen LogP contribution is 2.48. The van der Waals surface area contributed by atoms with Gasteiger partial charge in [0.05, 0.1) is 0 Å². The fraction of sp³-hybridized carbons (Fsp3) is 0.300. The molecular weight excluding hydrogens is 358 g/mol. The largest absolute Gasteiger partial charge is 0.325 e. The summed E-state index contributed by atoms with van der Waals surface area (Å²) in [6.07, 6.45) is 6.23. The van der Waals surface area contributed by atoms with Crippen LogP contribution >= 0.6 is 11.8 Å². The second-order valence-corrected chi connectivity index (χ2v) is 7.91. The van der Waals surface area contributed by atoms with E-state index < -0.39 is 4.75 Å². The number of pyridine rings is 1. The summed E-state index contributed by atoms with van der Waals surface area (Å²) in [7, 11) is 0. The van der Waals surface area contributed by atoms with E-state index >= 15 is 0 Å². The SMILES string of the molecule is CCn1c(SC2(C(=O)Nc3ccccc3)CCC2)nnc1-c1ccncc1. The normalized spacial score (nSPS) is 15.1. The van der Waals surface area contributed by atoms with Crippen LogP contribution in [0.3, 0.4) is 0 Å². The van der Waals surface area contributed by atoms with Crippen LogP contribution in [0.5, 0.6) is 0 Å². The third kappa shape index (κ3) is 3.47. The lowest BCUT2D eigenvalue weighted by Gasteiger charge is -2.38. The van der Waals surface area contributed by atoms with Crippen molar-refractivity contribution in [2.24, 2.45) is 0 Å². The molecule has 0 bridgehead atoms. The van der Waals surface area contributed by atoms with Gasteiger partial charge in [-0.15, -0.1) is 10.2 Å². The zero-order valence-electron chi connectivity index (χ0n) is 15.1. The van der Waals surface area contributed by atoms with Crippen molar-refractivity contribution >= 4 is 23.4 Å². The Hall–Kier alpha value is -2.67. The summed E-state index contributed by atoms with van der Waals surface area (Å²) in [5, 5.41) is 12.6. The van der Waals surface area contributed by atoms with Crippen LogP contribution in [0.15, 0.2) is 60.0 Å². The zero-order chi connectivity index (χ0) is 18.7. The predicted octanol–water partition coefficient (Wildman–Crippen LogP) is 4.01. The van der Waals surface area contributed by atoms with E-state index in [1.54, 1.807) is 12.4 Å². The van der Waals surface area contributed by atoms with E-state index in [9.17, 15) is 4.79 Å². The maximum absolute atomic E-state index is 13.0. The van der Waals surface area contributed by atoms with Gasteiger partial charge in [0.1, 0.15) is 4.75 Å². The van der Waals surface area contributed by atoms with E-state index in [1.165, 1.54) is 11.8 Å². The standard InChI is InChI=1S/C20H21N5OS/c1-2-25-17(15-9-13-21-14-10-15)23-24-19(25)27-20(11-6-12-20)18(26)22-16-7-4-3-5-8-16/h3-5,7-10,13-14H,2,6,11-12H2,1H3,(H,22,26). The highest BCUT2D eigenvalue weighted by Gasteiger charge is 2.46. The van der Waals surface area contributed by atoms with Crippen LogP contribution in [0.2, 0.25) is 0 Å². The van der Waals surface area contributed by atoms with Crippen molar-refractivity contribution in [2.75, 3.05) is 5.32 Å². The number of thioether (sulfide) groups is 1. The van der Waals surface area contributed by atoms with Crippen molar-refractivity contribution in [1.82, 2.24) is 19.7 Å². The van der Waals surface area contributed by atoms with Crippen LogP contribution in [-0.2, 0) is 11.3 Å². The molecule has 0 saturated heterocycles. The molecule has 0 unspecified atom stereocenters. The van der Waals surface area contributed by atoms with E-state index in [0.29, 0.717) is 0 Å². The molecule has 1 fully saturated rings. The maximum Gasteiger partial charge on any atom is 0.241 e. The molecule has 4 rings (SSSR count). The van der Waals surface area contributed by atoms with Crippen LogP contribution < -0.4 is 5.32 Å². The van der Waals surface area contributed by atoms with Gasteiger partial charge in [0.15, 0.2) is 11.0 Å². The van der Waals surface area contributed by atoms with Crippen LogP contribution in [-0.4, -0.2) is 30.4 Å². The first-order valence-electron chi connectivity index (χ1n) is 9.11. The number of aromatic nitrogens is 4. The lowest BCUT2D eigenvalue weighted by atomic mass is 9.83. The van der Waals surface area contributed by atoms with E-state index in [2.05, 4.69) is 32.0 Å². The predicted molar refractivity (Wildman–Crippen MR) is 106 cm³/mol. The Balaban J connectivity index is 1.58. The molecule has 0 atom stereocenters. The Bertz CT molecular complexity index is 922. The van der Waals surface area contributed by atoms with Crippen LogP contribution in [0.25, 0.3) is 11.4 Å². The fourth-order valence-corrected chi connectivity index (χ4v) is 4.57. The number of hydrogen-bond acceptors (Lipinski definition) is 5. The number of carbonyl (C=O) groups is 1. The van der Waals surface area contributed by atoms with Crippen LogP contribution in [0.4, 0.5) is 5.69 Å². The van der Waals surface area contributed by atoms with Crippen LogP contribution in [0.1, 0.15) is 26.2 Å². The minimum Gasteiger partial charge on any atom is -0.325 e. The van der Waals surface area contributed by atoms with Crippen molar-refractivity contribution in [2.45, 2.75) is 42.6 Å². The van der Waals surface area contributed by atoms with E-state index in [1.807, 2.05) is 42.5 Å². The molecule has 1 aromatic carbocycles. The monoisotopic (exact) mass is 379 g/mol. The Kier molecular flexibility index (Phi) is 4.94. The number of nitrogens with one attached hydrogen (secondary N) is 1. The molecule has 138 valence electrons. The summed E-state index contributed by atoms with van der Waals surface area (Å²) in [6.45, 7) is 2.80. The lowest BCUT2D eigenvalue weighted by Crippen LogP contribution is -2.46. The van der Waals surface area contributed by atoms with Gasteiger partial charge in [-0.25, -0.2) is 0 Å². The van der Waals surface area contributed by atoms with Gasteiger partial charge in [0.2, 0.25) is 5.91 Å². The summed E-state index contributed by atoms with van der Waals surface area (Å²) in [5.41, 5.74) is 1.80. The lowest BCUT2D eigenvalue weighted by molar-refractivity contribution is -0.120. The molecule has 6 nitrogen and oxygen atoms in total. The van der Waals surface area contributed by atoms with E-state index in [4.69, 9.17) is 0 Å². The van der Waals surface area contributed by atoms with Crippen molar-refractivity contribution in [3.8, 4) is 11.4 Å². The molecule has 1 aliphatic carbocycles. The van der Waals surface area contributed by atoms with Gasteiger partial charge in [-0.3, -0.25) is 9.78 Å². The molecule has 2 heterocycles. The second kappa shape index (κ2) is 7.52. The van der Waals surface area contributed by atoms with Gasteiger partial charge in [-0.1, -0.05) is 30.0 Å². The Morgan fingerprint density at radius 1 is 1.15 bits per heavy atom. The molecule has 1 saturated carbocycles. The summed E-state index contributed by atoms with van der Waals surface area (Å²) in [6, 6.07) is 13.4. The molecular formula is C20H21N5OS. The highest BCUT2D eigenvalue weighted by molar-refractivity contribution is 8.01. The van der Waals surface area contributed by atoms with Gasteiger partial charge in [0.25, 0.3) is 0 Å². The smallest absolute Gasteiger partial charge is 0.241 e. The third-order valence-corrected chi connectivity index (χ3v) is 6.33. The maximum atomic E-state index is 13.0. The van der Waals surface area contributed by atoms with Crippen LogP contribution in [0, 0.1) is 0 Å². The number of carbonyl (C=O) groups excluding carboxylic acids is 1. The topological polar surface area (TPSA) is 72.7 Å². The summed E-state index contributed by atoms with van der Waals surface area (Å²) >= 11 is 1.53.